The van der Waals surface area contributed by atoms with E-state index in [0.717, 1.165) is 37.9 Å². The van der Waals surface area contributed by atoms with E-state index in [-0.39, 0.29) is 18.3 Å². The van der Waals surface area contributed by atoms with E-state index in [0.29, 0.717) is 65.8 Å². The van der Waals surface area contributed by atoms with Gasteiger partial charge in [0.2, 0.25) is 5.91 Å². The van der Waals surface area contributed by atoms with Crippen LogP contribution in [-0.4, -0.2) is 84.2 Å². The number of unbranched alkanes of at least 4 members (excludes halogenated alkanes) is 12. The summed E-state index contributed by atoms with van der Waals surface area (Å²) < 4.78 is 22.2. The molecule has 260 valence electrons. The Morgan fingerprint density at radius 1 is 0.614 bits per heavy atom. The molecule has 0 unspecified atom stereocenters. The lowest BCUT2D eigenvalue weighted by molar-refractivity contribution is -0.122. The summed E-state index contributed by atoms with van der Waals surface area (Å²) in [6.45, 7) is 11.3. The van der Waals surface area contributed by atoms with Crippen LogP contribution in [0.3, 0.4) is 0 Å². The van der Waals surface area contributed by atoms with Crippen molar-refractivity contribution in [3.8, 4) is 0 Å². The standard InChI is InChI=1S/C33H63N3O6.C2H6/c1-30(37)28-41-26-24-39-22-20-35-32(31-16-15-17-31)29-42-27-25-40-23-21-36-33(38)18-13-11-9-7-5-3-2-4-6-8-10-12-14-19-34;1-2/h35H,2-29,34H2,1H3,(H,36,38);1-2H3. The first kappa shape index (κ1) is 42.5. The van der Waals surface area contributed by atoms with Crippen LogP contribution < -0.4 is 16.4 Å². The summed E-state index contributed by atoms with van der Waals surface area (Å²) in [5.74, 6) is 0.145. The molecule has 1 rings (SSSR count). The Balaban J connectivity index is 0.00000904. The summed E-state index contributed by atoms with van der Waals surface area (Å²) in [5.41, 5.74) is 8.11. The van der Waals surface area contributed by atoms with Crippen LogP contribution in [0.1, 0.15) is 130 Å². The highest BCUT2D eigenvalue weighted by Gasteiger charge is 2.14. The third-order valence-electron chi connectivity index (χ3n) is 7.44. The molecule has 0 radical (unpaired) electrons. The number of nitrogens with two attached hydrogens (primary N) is 1. The summed E-state index contributed by atoms with van der Waals surface area (Å²) in [4.78, 5) is 22.9. The van der Waals surface area contributed by atoms with Crippen LogP contribution in [0.5, 0.6) is 0 Å². The van der Waals surface area contributed by atoms with E-state index < -0.39 is 0 Å². The molecule has 0 spiro atoms. The topological polar surface area (TPSA) is 121 Å². The number of Topliss-reactive ketones (excluding diaryl/α,β-unsaturated/α-hetero) is 1. The summed E-state index contributed by atoms with van der Waals surface area (Å²) >= 11 is 0. The zero-order valence-electron chi connectivity index (χ0n) is 28.8. The van der Waals surface area contributed by atoms with Gasteiger partial charge in [0.25, 0.3) is 0 Å². The number of hydrogen-bond acceptors (Lipinski definition) is 8. The van der Waals surface area contributed by atoms with Gasteiger partial charge in [0.15, 0.2) is 5.78 Å². The Labute approximate surface area is 270 Å². The fourth-order valence-corrected chi connectivity index (χ4v) is 4.76. The zero-order valence-corrected chi connectivity index (χ0v) is 28.8. The summed E-state index contributed by atoms with van der Waals surface area (Å²) in [7, 11) is 0. The number of ether oxygens (including phenoxy) is 4. The highest BCUT2D eigenvalue weighted by Crippen LogP contribution is 2.27. The lowest BCUT2D eigenvalue weighted by Crippen LogP contribution is -2.28. The van der Waals surface area contributed by atoms with E-state index in [4.69, 9.17) is 24.7 Å². The van der Waals surface area contributed by atoms with Gasteiger partial charge in [-0.05, 0) is 51.1 Å². The van der Waals surface area contributed by atoms with Gasteiger partial charge in [0.05, 0.1) is 46.2 Å². The Kier molecular flexibility index (Phi) is 33.2. The Bertz CT molecular complexity index is 683. The highest BCUT2D eigenvalue weighted by molar-refractivity contribution is 5.76. The van der Waals surface area contributed by atoms with Crippen LogP contribution in [0.15, 0.2) is 11.3 Å². The van der Waals surface area contributed by atoms with Crippen LogP contribution >= 0.6 is 0 Å². The van der Waals surface area contributed by atoms with Crippen LogP contribution in [0, 0.1) is 0 Å². The molecule has 9 nitrogen and oxygen atoms in total. The van der Waals surface area contributed by atoms with Gasteiger partial charge in [-0.1, -0.05) is 84.5 Å². The largest absolute Gasteiger partial charge is 0.384 e. The zero-order chi connectivity index (χ0) is 32.4. The van der Waals surface area contributed by atoms with E-state index in [2.05, 4.69) is 10.6 Å². The second-order valence-corrected chi connectivity index (χ2v) is 11.4. The second kappa shape index (κ2) is 34.4. The molecule has 1 fully saturated rings. The molecule has 9 heteroatoms. The van der Waals surface area contributed by atoms with Crippen molar-refractivity contribution in [1.29, 1.82) is 0 Å². The van der Waals surface area contributed by atoms with E-state index in [1.165, 1.54) is 89.5 Å². The van der Waals surface area contributed by atoms with Gasteiger partial charge in [0.1, 0.15) is 6.61 Å². The van der Waals surface area contributed by atoms with Gasteiger partial charge < -0.3 is 35.3 Å². The Morgan fingerprint density at radius 2 is 1.07 bits per heavy atom. The van der Waals surface area contributed by atoms with Gasteiger partial charge in [-0.15, -0.1) is 0 Å². The molecule has 0 atom stereocenters. The van der Waals surface area contributed by atoms with Gasteiger partial charge in [-0.25, -0.2) is 0 Å². The number of carbonyl (C=O) groups is 2. The summed E-state index contributed by atoms with van der Waals surface area (Å²) in [6.07, 6.45) is 20.7. The predicted molar refractivity (Wildman–Crippen MR) is 181 cm³/mol. The summed E-state index contributed by atoms with van der Waals surface area (Å²) in [6, 6.07) is 0. The van der Waals surface area contributed by atoms with Gasteiger partial charge >= 0.3 is 0 Å². The third-order valence-corrected chi connectivity index (χ3v) is 7.44. The molecule has 1 aliphatic carbocycles. The van der Waals surface area contributed by atoms with Crippen molar-refractivity contribution < 1.29 is 28.5 Å². The lowest BCUT2D eigenvalue weighted by atomic mass is 9.90. The lowest BCUT2D eigenvalue weighted by Gasteiger charge is -2.23. The first-order chi connectivity index (χ1) is 21.6. The second-order valence-electron chi connectivity index (χ2n) is 11.4. The number of allylic oxidation sites excluding steroid dienone is 1. The molecule has 0 aliphatic heterocycles. The van der Waals surface area contributed by atoms with Crippen molar-refractivity contribution in [3.05, 3.63) is 11.3 Å². The fraction of sp³-hybridized carbons (Fsp3) is 0.886. The van der Waals surface area contributed by atoms with Gasteiger partial charge in [-0.3, -0.25) is 9.59 Å². The molecular formula is C35H69N3O6. The number of amides is 1. The van der Waals surface area contributed by atoms with Crippen LogP contribution in [0.4, 0.5) is 0 Å². The maximum absolute atomic E-state index is 12.0. The Morgan fingerprint density at radius 3 is 1.55 bits per heavy atom. The van der Waals surface area contributed by atoms with Crippen LogP contribution in [0.2, 0.25) is 0 Å². The third kappa shape index (κ3) is 29.2. The smallest absolute Gasteiger partial charge is 0.220 e. The molecule has 0 aromatic rings. The molecule has 0 aromatic carbocycles. The number of nitrogens with one attached hydrogen (secondary N) is 2. The van der Waals surface area contributed by atoms with Crippen molar-refractivity contribution in [2.75, 3.05) is 72.5 Å². The van der Waals surface area contributed by atoms with Crippen molar-refractivity contribution >= 4 is 11.7 Å². The van der Waals surface area contributed by atoms with Crippen LogP contribution in [-0.2, 0) is 28.5 Å². The molecule has 0 bridgehead atoms. The molecule has 0 aromatic heterocycles. The highest BCUT2D eigenvalue weighted by atomic mass is 16.5. The number of ketones is 1. The fourth-order valence-electron chi connectivity index (χ4n) is 4.76. The predicted octanol–water partition coefficient (Wildman–Crippen LogP) is 6.23. The minimum atomic E-state index is 0.0226. The molecule has 1 saturated carbocycles. The molecule has 4 N–H and O–H groups in total. The van der Waals surface area contributed by atoms with E-state index in [9.17, 15) is 9.59 Å². The van der Waals surface area contributed by atoms with Gasteiger partial charge in [-0.2, -0.15) is 0 Å². The quantitative estimate of drug-likeness (QED) is 0.0751. The monoisotopic (exact) mass is 628 g/mol. The number of carbonyl (C=O) groups excluding carboxylic acids is 2. The average molecular weight is 628 g/mol. The van der Waals surface area contributed by atoms with Crippen molar-refractivity contribution in [2.24, 2.45) is 5.73 Å². The van der Waals surface area contributed by atoms with Crippen molar-refractivity contribution in [3.63, 3.8) is 0 Å². The SMILES string of the molecule is CC.CC(=O)COCCOCCNC(COCCOCCNC(=O)CCCCCCCCCCCCCCCN)=C1CCC1. The van der Waals surface area contributed by atoms with E-state index in [1.54, 1.807) is 0 Å². The number of hydrogen-bond donors (Lipinski definition) is 3. The van der Waals surface area contributed by atoms with E-state index in [1.807, 2.05) is 13.8 Å². The molecule has 0 saturated heterocycles. The van der Waals surface area contributed by atoms with Crippen LogP contribution in [0.25, 0.3) is 0 Å². The minimum Gasteiger partial charge on any atom is -0.384 e. The average Bonchev–Trinajstić information content (AvgIpc) is 2.99. The molecule has 1 amide bonds. The first-order valence-electron chi connectivity index (χ1n) is 17.9. The molecule has 44 heavy (non-hydrogen) atoms. The minimum absolute atomic E-state index is 0.0226. The summed E-state index contributed by atoms with van der Waals surface area (Å²) in [5, 5.41) is 6.40. The normalized spacial score (nSPS) is 12.3. The molecule has 1 aliphatic rings. The van der Waals surface area contributed by atoms with E-state index >= 15 is 0 Å². The van der Waals surface area contributed by atoms with Crippen molar-refractivity contribution in [1.82, 2.24) is 10.6 Å². The molecule has 0 heterocycles. The molecular weight excluding hydrogens is 558 g/mol. The maximum Gasteiger partial charge on any atom is 0.220 e. The Hall–Kier alpha value is -1.52. The first-order valence-corrected chi connectivity index (χ1v) is 17.9. The number of rotatable bonds is 32. The maximum atomic E-state index is 12.0. The van der Waals surface area contributed by atoms with Gasteiger partial charge in [0, 0.05) is 25.2 Å². The van der Waals surface area contributed by atoms with Crippen molar-refractivity contribution in [2.45, 2.75) is 130 Å².